The first-order valence-corrected chi connectivity index (χ1v) is 9.08. The maximum atomic E-state index is 12.3. The van der Waals surface area contributed by atoms with Crippen LogP contribution in [-0.4, -0.2) is 26.1 Å². The summed E-state index contributed by atoms with van der Waals surface area (Å²) in [4.78, 5) is 4.52. The van der Waals surface area contributed by atoms with Crippen LogP contribution in [-0.2, 0) is 10.0 Å². The molecule has 5 nitrogen and oxygen atoms in total. The van der Waals surface area contributed by atoms with Crippen LogP contribution in [0.4, 0.5) is 0 Å². The normalized spacial score (nSPS) is 12.9. The lowest BCUT2D eigenvalue weighted by Gasteiger charge is -2.16. The zero-order valence-corrected chi connectivity index (χ0v) is 14.0. The summed E-state index contributed by atoms with van der Waals surface area (Å²) >= 11 is 0. The van der Waals surface area contributed by atoms with Gasteiger partial charge in [0.15, 0.2) is 0 Å². The first-order chi connectivity index (χ1) is 11.6. The number of pyridine rings is 1. The summed E-state index contributed by atoms with van der Waals surface area (Å²) in [6, 6.07) is 17.3. The maximum absolute atomic E-state index is 12.3. The first-order valence-electron chi connectivity index (χ1n) is 7.60. The molecule has 0 saturated carbocycles. The number of nitrogens with one attached hydrogen (secondary N) is 1. The third-order valence-corrected chi connectivity index (χ3v) is 5.11. The molecule has 3 aromatic rings. The Labute approximate surface area is 141 Å². The van der Waals surface area contributed by atoms with E-state index >= 15 is 0 Å². The minimum Gasteiger partial charge on any atom is -0.491 e. The van der Waals surface area contributed by atoms with Crippen molar-refractivity contribution in [1.82, 2.24) is 9.71 Å². The van der Waals surface area contributed by atoms with Gasteiger partial charge < -0.3 is 4.74 Å². The van der Waals surface area contributed by atoms with Crippen LogP contribution < -0.4 is 9.46 Å². The molecule has 0 bridgehead atoms. The number of ether oxygens (including phenoxy) is 1. The van der Waals surface area contributed by atoms with E-state index in [9.17, 15) is 8.42 Å². The van der Waals surface area contributed by atoms with Crippen LogP contribution in [0, 0.1) is 0 Å². The lowest BCUT2D eigenvalue weighted by atomic mass is 10.2. The van der Waals surface area contributed by atoms with Gasteiger partial charge in [-0.05, 0) is 43.3 Å². The van der Waals surface area contributed by atoms with E-state index in [4.69, 9.17) is 4.74 Å². The molecule has 0 unspecified atom stereocenters. The second-order valence-corrected chi connectivity index (χ2v) is 7.19. The Hall–Kier alpha value is -2.44. The summed E-state index contributed by atoms with van der Waals surface area (Å²) in [5.41, 5.74) is 0.840. The van der Waals surface area contributed by atoms with Crippen LogP contribution in [0.15, 0.2) is 71.8 Å². The number of hydrogen-bond acceptors (Lipinski definition) is 4. The van der Waals surface area contributed by atoms with Crippen LogP contribution in [0.5, 0.6) is 5.75 Å². The summed E-state index contributed by atoms with van der Waals surface area (Å²) in [5.74, 6) is 0.686. The standard InChI is InChI=1S/C18H18N2O3S/c1-14(20-24(21,22)15-7-3-2-4-8-15)13-23-18-11-5-10-17-16(18)9-6-12-19-17/h2-12,14,20H,13H2,1H3/t14-/m0/s1. The molecule has 0 radical (unpaired) electrons. The van der Waals surface area contributed by atoms with Gasteiger partial charge in [0, 0.05) is 11.6 Å². The topological polar surface area (TPSA) is 68.3 Å². The fraction of sp³-hybridized carbons (Fsp3) is 0.167. The minimum atomic E-state index is -3.55. The van der Waals surface area contributed by atoms with Gasteiger partial charge in [-0.3, -0.25) is 4.98 Å². The lowest BCUT2D eigenvalue weighted by Crippen LogP contribution is -2.36. The van der Waals surface area contributed by atoms with Crippen LogP contribution in [0.3, 0.4) is 0 Å². The van der Waals surface area contributed by atoms with Crippen molar-refractivity contribution in [1.29, 1.82) is 0 Å². The molecule has 3 rings (SSSR count). The van der Waals surface area contributed by atoms with E-state index in [1.807, 2.05) is 30.3 Å². The predicted molar refractivity (Wildman–Crippen MR) is 93.5 cm³/mol. The number of aromatic nitrogens is 1. The summed E-state index contributed by atoms with van der Waals surface area (Å²) < 4.78 is 33.0. The van der Waals surface area contributed by atoms with E-state index in [0.29, 0.717) is 5.75 Å². The Morgan fingerprint density at radius 2 is 1.83 bits per heavy atom. The number of rotatable bonds is 6. The summed E-state index contributed by atoms with van der Waals surface area (Å²) in [5, 5.41) is 0.901. The molecule has 0 fully saturated rings. The molecule has 0 aliphatic heterocycles. The van der Waals surface area contributed by atoms with Crippen LogP contribution >= 0.6 is 0 Å². The highest BCUT2D eigenvalue weighted by Crippen LogP contribution is 2.23. The van der Waals surface area contributed by atoms with Crippen molar-refractivity contribution in [3.05, 3.63) is 66.9 Å². The number of fused-ring (bicyclic) bond motifs is 1. The largest absolute Gasteiger partial charge is 0.491 e. The molecular weight excluding hydrogens is 324 g/mol. The lowest BCUT2D eigenvalue weighted by molar-refractivity contribution is 0.290. The highest BCUT2D eigenvalue weighted by molar-refractivity contribution is 7.89. The Morgan fingerprint density at radius 1 is 1.04 bits per heavy atom. The fourth-order valence-corrected chi connectivity index (χ4v) is 3.63. The van der Waals surface area contributed by atoms with Crippen LogP contribution in [0.25, 0.3) is 10.9 Å². The Kier molecular flexibility index (Phi) is 4.78. The number of sulfonamides is 1. The minimum absolute atomic E-state index is 0.222. The quantitative estimate of drug-likeness (QED) is 0.748. The van der Waals surface area contributed by atoms with Gasteiger partial charge in [-0.1, -0.05) is 24.3 Å². The molecule has 1 N–H and O–H groups in total. The van der Waals surface area contributed by atoms with Crippen molar-refractivity contribution >= 4 is 20.9 Å². The molecule has 0 aliphatic rings. The van der Waals surface area contributed by atoms with Gasteiger partial charge in [0.25, 0.3) is 0 Å². The van der Waals surface area contributed by atoms with Crippen molar-refractivity contribution in [3.63, 3.8) is 0 Å². The van der Waals surface area contributed by atoms with E-state index < -0.39 is 10.0 Å². The average molecular weight is 342 g/mol. The van der Waals surface area contributed by atoms with Crippen molar-refractivity contribution < 1.29 is 13.2 Å². The Balaban J connectivity index is 1.68. The zero-order valence-electron chi connectivity index (χ0n) is 13.2. The second kappa shape index (κ2) is 6.98. The van der Waals surface area contributed by atoms with Gasteiger partial charge in [-0.15, -0.1) is 0 Å². The number of nitrogens with zero attached hydrogens (tertiary/aromatic N) is 1. The van der Waals surface area contributed by atoms with Gasteiger partial charge in [0.05, 0.1) is 16.5 Å². The molecule has 1 heterocycles. The van der Waals surface area contributed by atoms with Crippen LogP contribution in [0.2, 0.25) is 0 Å². The van der Waals surface area contributed by atoms with Gasteiger partial charge in [0.2, 0.25) is 10.0 Å². The second-order valence-electron chi connectivity index (χ2n) is 5.47. The molecule has 1 aromatic heterocycles. The SMILES string of the molecule is C[C@@H](COc1cccc2ncccc12)NS(=O)(=O)c1ccccc1. The third-order valence-electron chi connectivity index (χ3n) is 3.50. The average Bonchev–Trinajstić information content (AvgIpc) is 2.60. The van der Waals surface area contributed by atoms with Gasteiger partial charge in [-0.2, -0.15) is 0 Å². The van der Waals surface area contributed by atoms with Crippen molar-refractivity contribution in [3.8, 4) is 5.75 Å². The van der Waals surface area contributed by atoms with Gasteiger partial charge in [-0.25, -0.2) is 13.1 Å². The molecule has 0 aliphatic carbocycles. The smallest absolute Gasteiger partial charge is 0.240 e. The molecule has 1 atom stereocenters. The molecular formula is C18H18N2O3S. The van der Waals surface area contributed by atoms with Crippen molar-refractivity contribution in [2.45, 2.75) is 17.9 Å². The number of hydrogen-bond donors (Lipinski definition) is 1. The van der Waals surface area contributed by atoms with Crippen molar-refractivity contribution in [2.75, 3.05) is 6.61 Å². The molecule has 6 heteroatoms. The fourth-order valence-electron chi connectivity index (χ4n) is 2.38. The predicted octanol–water partition coefficient (Wildman–Crippen LogP) is 2.98. The summed E-state index contributed by atoms with van der Waals surface area (Å²) in [6.45, 7) is 1.99. The van der Waals surface area contributed by atoms with E-state index in [-0.39, 0.29) is 17.5 Å². The van der Waals surface area contributed by atoms with E-state index in [0.717, 1.165) is 10.9 Å². The van der Waals surface area contributed by atoms with Crippen molar-refractivity contribution in [2.24, 2.45) is 0 Å². The van der Waals surface area contributed by atoms with Crippen LogP contribution in [0.1, 0.15) is 6.92 Å². The summed E-state index contributed by atoms with van der Waals surface area (Å²) in [6.07, 6.45) is 1.72. The first kappa shape index (κ1) is 16.4. The maximum Gasteiger partial charge on any atom is 0.240 e. The Bertz CT molecular complexity index is 922. The zero-order chi connectivity index (χ0) is 17.0. The monoisotopic (exact) mass is 342 g/mol. The highest BCUT2D eigenvalue weighted by atomic mass is 32.2. The highest BCUT2D eigenvalue weighted by Gasteiger charge is 2.17. The summed E-state index contributed by atoms with van der Waals surface area (Å²) in [7, 11) is -3.55. The molecule has 0 saturated heterocycles. The van der Waals surface area contributed by atoms with E-state index in [1.54, 1.807) is 43.5 Å². The molecule has 2 aromatic carbocycles. The molecule has 124 valence electrons. The van der Waals surface area contributed by atoms with E-state index in [1.165, 1.54) is 0 Å². The third kappa shape index (κ3) is 3.72. The molecule has 24 heavy (non-hydrogen) atoms. The van der Waals surface area contributed by atoms with Gasteiger partial charge in [0.1, 0.15) is 12.4 Å². The number of benzene rings is 2. The van der Waals surface area contributed by atoms with Gasteiger partial charge >= 0.3 is 0 Å². The molecule has 0 amide bonds. The van der Waals surface area contributed by atoms with E-state index in [2.05, 4.69) is 9.71 Å². The Morgan fingerprint density at radius 3 is 2.62 bits per heavy atom. The molecule has 0 spiro atoms.